The molecule has 0 amide bonds. The Balaban J connectivity index is 3.02. The number of nitrogens with zero attached hydrogens (tertiary/aromatic N) is 1. The van der Waals surface area contributed by atoms with E-state index < -0.39 is 11.2 Å². The van der Waals surface area contributed by atoms with E-state index in [1.807, 2.05) is 0 Å². The Hall–Kier alpha value is -2.24. The van der Waals surface area contributed by atoms with Gasteiger partial charge in [0.2, 0.25) is 0 Å². The molecule has 6 heteroatoms. The molecule has 1 heterocycles. The molecule has 0 radical (unpaired) electrons. The number of hydrogen-bond acceptors (Lipinski definition) is 4. The lowest BCUT2D eigenvalue weighted by Gasteiger charge is -2.07. The van der Waals surface area contributed by atoms with Gasteiger partial charge < -0.3 is 9.84 Å². The number of hydrogen-bond donors (Lipinski definition) is 2. The van der Waals surface area contributed by atoms with E-state index in [0.29, 0.717) is 5.52 Å². The van der Waals surface area contributed by atoms with Crippen molar-refractivity contribution in [1.29, 1.82) is 0 Å². The maximum absolute atomic E-state index is 11.5. The first kappa shape index (κ1) is 10.3. The molecule has 0 aliphatic rings. The average molecular weight is 222 g/mol. The van der Waals surface area contributed by atoms with Gasteiger partial charge in [-0.15, -0.1) is 0 Å². The van der Waals surface area contributed by atoms with Crippen LogP contribution in [0.2, 0.25) is 0 Å². The number of fused-ring (bicyclic) bond motifs is 1. The molecule has 1 aromatic carbocycles. The number of nitrogens with one attached hydrogen (secondary N) is 1. The molecule has 0 spiro atoms. The van der Waals surface area contributed by atoms with Gasteiger partial charge in [0.15, 0.2) is 11.5 Å². The second kappa shape index (κ2) is 3.41. The molecule has 84 valence electrons. The topological polar surface area (TPSA) is 84.3 Å². The molecule has 2 aromatic rings. The largest absolute Gasteiger partial charge is 0.504 e. The first-order chi connectivity index (χ1) is 7.54. The molecule has 0 saturated heterocycles. The predicted molar refractivity (Wildman–Crippen MR) is 58.0 cm³/mol. The van der Waals surface area contributed by atoms with E-state index in [-0.39, 0.29) is 16.9 Å². The third-order valence-electron chi connectivity index (χ3n) is 2.43. The van der Waals surface area contributed by atoms with Gasteiger partial charge in [0.05, 0.1) is 18.0 Å². The molecule has 0 atom stereocenters. The fraction of sp³-hybridized carbons (Fsp3) is 0.200. The van der Waals surface area contributed by atoms with Crippen LogP contribution in [0, 0.1) is 0 Å². The number of phenols is 1. The van der Waals surface area contributed by atoms with Gasteiger partial charge in [0.25, 0.3) is 5.56 Å². The molecule has 16 heavy (non-hydrogen) atoms. The first-order valence-corrected chi connectivity index (χ1v) is 4.54. The van der Waals surface area contributed by atoms with Gasteiger partial charge in [-0.05, 0) is 6.07 Å². The van der Waals surface area contributed by atoms with Crippen molar-refractivity contribution < 1.29 is 9.84 Å². The van der Waals surface area contributed by atoms with Crippen LogP contribution in [-0.2, 0) is 7.05 Å². The molecular formula is C10H10N2O4. The van der Waals surface area contributed by atoms with Crippen molar-refractivity contribution in [1.82, 2.24) is 9.55 Å². The van der Waals surface area contributed by atoms with Crippen molar-refractivity contribution in [3.63, 3.8) is 0 Å². The molecule has 2 rings (SSSR count). The van der Waals surface area contributed by atoms with Gasteiger partial charge in [0, 0.05) is 13.1 Å². The summed E-state index contributed by atoms with van der Waals surface area (Å²) in [6.07, 6.45) is 0. The second-order valence-corrected chi connectivity index (χ2v) is 3.36. The fourth-order valence-corrected chi connectivity index (χ4v) is 1.54. The summed E-state index contributed by atoms with van der Waals surface area (Å²) in [6.45, 7) is 0. The number of aromatic amines is 1. The molecule has 0 fully saturated rings. The molecule has 0 unspecified atom stereocenters. The molecule has 0 aliphatic heterocycles. The number of phenolic OH excluding ortho intramolecular Hbond substituents is 1. The van der Waals surface area contributed by atoms with Crippen LogP contribution in [0.25, 0.3) is 10.9 Å². The highest BCUT2D eigenvalue weighted by molar-refractivity contribution is 5.81. The van der Waals surface area contributed by atoms with E-state index in [4.69, 9.17) is 4.74 Å². The van der Waals surface area contributed by atoms with Crippen LogP contribution in [0.3, 0.4) is 0 Å². The zero-order valence-corrected chi connectivity index (χ0v) is 8.77. The van der Waals surface area contributed by atoms with Crippen molar-refractivity contribution in [2.75, 3.05) is 7.11 Å². The quantitative estimate of drug-likeness (QED) is 0.708. The molecule has 0 saturated carbocycles. The SMILES string of the molecule is COc1cc2c(cc1O)c(=O)[nH]c(=O)n2C. The Bertz CT molecular complexity index is 669. The van der Waals surface area contributed by atoms with Gasteiger partial charge in [0.1, 0.15) is 0 Å². The van der Waals surface area contributed by atoms with Gasteiger partial charge >= 0.3 is 5.69 Å². The van der Waals surface area contributed by atoms with Crippen LogP contribution in [0.1, 0.15) is 0 Å². The maximum Gasteiger partial charge on any atom is 0.328 e. The van der Waals surface area contributed by atoms with Crippen LogP contribution in [0.4, 0.5) is 0 Å². The number of aromatic hydroxyl groups is 1. The summed E-state index contributed by atoms with van der Waals surface area (Å²) in [6, 6.07) is 2.72. The summed E-state index contributed by atoms with van der Waals surface area (Å²) in [5.41, 5.74) is -0.635. The number of aryl methyl sites for hydroxylation is 1. The van der Waals surface area contributed by atoms with Crippen LogP contribution in [-0.4, -0.2) is 21.8 Å². The number of methoxy groups -OCH3 is 1. The zero-order chi connectivity index (χ0) is 11.9. The summed E-state index contributed by atoms with van der Waals surface area (Å²) in [4.78, 5) is 25.0. The van der Waals surface area contributed by atoms with E-state index in [9.17, 15) is 14.7 Å². The lowest BCUT2D eigenvalue weighted by atomic mass is 10.2. The van der Waals surface area contributed by atoms with Crippen LogP contribution < -0.4 is 16.0 Å². The number of H-pyrrole nitrogens is 1. The van der Waals surface area contributed by atoms with Crippen molar-refractivity contribution in [3.8, 4) is 11.5 Å². The van der Waals surface area contributed by atoms with Crippen molar-refractivity contribution in [2.24, 2.45) is 7.05 Å². The molecule has 2 N–H and O–H groups in total. The van der Waals surface area contributed by atoms with E-state index >= 15 is 0 Å². The van der Waals surface area contributed by atoms with E-state index in [0.717, 1.165) is 0 Å². The van der Waals surface area contributed by atoms with Gasteiger partial charge in [-0.25, -0.2) is 4.79 Å². The molecule has 0 aliphatic carbocycles. The predicted octanol–water partition coefficient (Wildman–Crippen LogP) is -0.0590. The van der Waals surface area contributed by atoms with E-state index in [1.54, 1.807) is 0 Å². The summed E-state index contributed by atoms with van der Waals surface area (Å²) >= 11 is 0. The van der Waals surface area contributed by atoms with Crippen molar-refractivity contribution in [2.45, 2.75) is 0 Å². The first-order valence-electron chi connectivity index (χ1n) is 4.54. The summed E-state index contributed by atoms with van der Waals surface area (Å²) < 4.78 is 6.19. The second-order valence-electron chi connectivity index (χ2n) is 3.36. The average Bonchev–Trinajstić information content (AvgIpc) is 2.25. The van der Waals surface area contributed by atoms with Crippen LogP contribution >= 0.6 is 0 Å². The third-order valence-corrected chi connectivity index (χ3v) is 2.43. The van der Waals surface area contributed by atoms with Crippen molar-refractivity contribution in [3.05, 3.63) is 33.0 Å². The van der Waals surface area contributed by atoms with E-state index in [1.165, 1.54) is 30.9 Å². The van der Waals surface area contributed by atoms with Gasteiger partial charge in [-0.1, -0.05) is 0 Å². The highest BCUT2D eigenvalue weighted by atomic mass is 16.5. The molecule has 0 bridgehead atoms. The van der Waals surface area contributed by atoms with Crippen LogP contribution in [0.15, 0.2) is 21.7 Å². The maximum atomic E-state index is 11.5. The van der Waals surface area contributed by atoms with E-state index in [2.05, 4.69) is 4.98 Å². The normalized spacial score (nSPS) is 10.6. The Kier molecular flexibility index (Phi) is 2.19. The Morgan fingerprint density at radius 1 is 1.38 bits per heavy atom. The van der Waals surface area contributed by atoms with Gasteiger partial charge in [-0.3, -0.25) is 14.3 Å². The number of rotatable bonds is 1. The highest BCUT2D eigenvalue weighted by Crippen LogP contribution is 2.28. The van der Waals surface area contributed by atoms with Gasteiger partial charge in [-0.2, -0.15) is 0 Å². The number of ether oxygens (including phenoxy) is 1. The third kappa shape index (κ3) is 1.35. The lowest BCUT2D eigenvalue weighted by molar-refractivity contribution is 0.374. The smallest absolute Gasteiger partial charge is 0.328 e. The minimum Gasteiger partial charge on any atom is -0.504 e. The monoisotopic (exact) mass is 222 g/mol. The molecule has 1 aromatic heterocycles. The zero-order valence-electron chi connectivity index (χ0n) is 8.77. The van der Waals surface area contributed by atoms with Crippen molar-refractivity contribution >= 4 is 10.9 Å². The Morgan fingerprint density at radius 2 is 2.06 bits per heavy atom. The minimum atomic E-state index is -0.531. The highest BCUT2D eigenvalue weighted by Gasteiger charge is 2.09. The number of aromatic nitrogens is 2. The minimum absolute atomic E-state index is 0.140. The summed E-state index contributed by atoms with van der Waals surface area (Å²) in [5, 5.41) is 9.76. The lowest BCUT2D eigenvalue weighted by Crippen LogP contribution is -2.28. The number of benzene rings is 1. The molecule has 6 nitrogen and oxygen atoms in total. The summed E-state index contributed by atoms with van der Waals surface area (Å²) in [5.74, 6) is 0.0762. The standard InChI is InChI=1S/C10H10N2O4/c1-12-6-4-8(16-2)7(13)3-5(6)9(14)11-10(12)15/h3-4,13H,1-2H3,(H,11,14,15). The molecular weight excluding hydrogens is 212 g/mol. The fourth-order valence-electron chi connectivity index (χ4n) is 1.54. The Labute approximate surface area is 89.7 Å². The van der Waals surface area contributed by atoms with Crippen LogP contribution in [0.5, 0.6) is 11.5 Å². The Morgan fingerprint density at radius 3 is 2.69 bits per heavy atom. The summed E-state index contributed by atoms with van der Waals surface area (Å²) in [7, 11) is 2.92.